The average molecular weight is 504 g/mol. The summed E-state index contributed by atoms with van der Waals surface area (Å²) in [5.41, 5.74) is 9.67. The first-order valence-corrected chi connectivity index (χ1v) is 13.2. The number of imidazole rings is 1. The highest BCUT2D eigenvalue weighted by molar-refractivity contribution is 6.24. The molecule has 0 radical (unpaired) electrons. The van der Waals surface area contributed by atoms with E-state index in [1.807, 2.05) is 12.4 Å². The van der Waals surface area contributed by atoms with E-state index in [4.69, 9.17) is 9.98 Å². The molecule has 5 heteroatoms. The van der Waals surface area contributed by atoms with Crippen molar-refractivity contribution in [1.29, 1.82) is 0 Å². The minimum absolute atomic E-state index is 0.876. The minimum Gasteiger partial charge on any atom is -0.361 e. The van der Waals surface area contributed by atoms with Crippen LogP contribution in [0.5, 0.6) is 0 Å². The van der Waals surface area contributed by atoms with Crippen LogP contribution in [0.15, 0.2) is 96.1 Å². The van der Waals surface area contributed by atoms with Gasteiger partial charge in [0.25, 0.3) is 0 Å². The molecule has 0 amide bonds. The van der Waals surface area contributed by atoms with Gasteiger partial charge < -0.3 is 15.0 Å². The molecule has 3 N–H and O–H groups in total. The zero-order chi connectivity index (χ0) is 26.1. The first-order valence-electron chi connectivity index (χ1n) is 13.2. The maximum absolute atomic E-state index is 5.19. The third kappa shape index (κ3) is 3.33. The number of nitrogens with one attached hydrogen (secondary N) is 3. The number of hydrogen-bond acceptors (Lipinski definition) is 2. The van der Waals surface area contributed by atoms with Crippen LogP contribution in [0.2, 0.25) is 0 Å². The van der Waals surface area contributed by atoms with Gasteiger partial charge in [0.1, 0.15) is 5.82 Å². The number of rotatable bonds is 3. The van der Waals surface area contributed by atoms with Crippen LogP contribution in [0, 0.1) is 13.8 Å². The Morgan fingerprint density at radius 2 is 1.49 bits per heavy atom. The zero-order valence-corrected chi connectivity index (χ0v) is 21.6. The standard InChI is InChI=1S/C34H25N5/c1-19-11-14-29-27(15-19)21(18-36-29)17-35-22-12-13-24-23-7-3-4-8-25(23)32-33(28(24)16-22)39-34(38-32)31-20(2)37-30-10-6-5-9-26(30)31/h3-18,36-37H,1-2H3,(H,38,39). The predicted octanol–water partition coefficient (Wildman–Crippen LogP) is 8.87. The highest BCUT2D eigenvalue weighted by Crippen LogP contribution is 2.39. The molecule has 0 atom stereocenters. The largest absolute Gasteiger partial charge is 0.361 e. The molecule has 0 saturated heterocycles. The second-order valence-corrected chi connectivity index (χ2v) is 10.3. The second kappa shape index (κ2) is 8.17. The topological polar surface area (TPSA) is 72.6 Å². The number of nitrogens with zero attached hydrogens (tertiary/aromatic N) is 2. The fourth-order valence-electron chi connectivity index (χ4n) is 5.95. The zero-order valence-electron chi connectivity index (χ0n) is 21.6. The van der Waals surface area contributed by atoms with Gasteiger partial charge in [0.15, 0.2) is 0 Å². The first-order chi connectivity index (χ1) is 19.1. The SMILES string of the molecule is Cc1ccc2[nH]cc(C=Nc3ccc4c5ccccc5c5nc(-c6c(C)[nH]c7ccccc67)[nH]c5c4c3)c2c1. The summed E-state index contributed by atoms with van der Waals surface area (Å²) in [4.78, 5) is 20.7. The van der Waals surface area contributed by atoms with Crippen molar-refractivity contribution < 1.29 is 0 Å². The molecule has 0 fully saturated rings. The maximum Gasteiger partial charge on any atom is 0.140 e. The summed E-state index contributed by atoms with van der Waals surface area (Å²) in [5.74, 6) is 0.876. The molecule has 0 saturated carbocycles. The van der Waals surface area contributed by atoms with Gasteiger partial charge >= 0.3 is 0 Å². The van der Waals surface area contributed by atoms with Gasteiger partial charge in [0.2, 0.25) is 0 Å². The van der Waals surface area contributed by atoms with Crippen LogP contribution in [0.3, 0.4) is 0 Å². The third-order valence-corrected chi connectivity index (χ3v) is 7.80. The number of para-hydroxylation sites is 1. The number of aryl methyl sites for hydroxylation is 2. The van der Waals surface area contributed by atoms with Crippen LogP contribution in [-0.4, -0.2) is 26.2 Å². The van der Waals surface area contributed by atoms with Gasteiger partial charge in [-0.2, -0.15) is 0 Å². The lowest BCUT2D eigenvalue weighted by Gasteiger charge is -2.07. The molecule has 3 heterocycles. The van der Waals surface area contributed by atoms with Crippen molar-refractivity contribution >= 4 is 66.3 Å². The summed E-state index contributed by atoms with van der Waals surface area (Å²) in [5, 5.41) is 6.99. The molecule has 0 bridgehead atoms. The fraction of sp³-hybridized carbons (Fsp3) is 0.0588. The summed E-state index contributed by atoms with van der Waals surface area (Å²) < 4.78 is 0. The number of benzene rings is 5. The number of hydrogen-bond donors (Lipinski definition) is 3. The Bertz CT molecular complexity index is 2260. The van der Waals surface area contributed by atoms with E-state index in [0.29, 0.717) is 0 Å². The highest BCUT2D eigenvalue weighted by atomic mass is 14.9. The van der Waals surface area contributed by atoms with Gasteiger partial charge in [0, 0.05) is 61.8 Å². The molecule has 5 nitrogen and oxygen atoms in total. The normalized spacial score (nSPS) is 12.3. The van der Waals surface area contributed by atoms with Crippen molar-refractivity contribution in [3.8, 4) is 11.4 Å². The van der Waals surface area contributed by atoms with Crippen LogP contribution in [0.25, 0.3) is 65.8 Å². The summed E-state index contributed by atoms with van der Waals surface area (Å²) in [6.45, 7) is 4.22. The highest BCUT2D eigenvalue weighted by Gasteiger charge is 2.18. The van der Waals surface area contributed by atoms with Gasteiger partial charge in [-0.1, -0.05) is 60.2 Å². The lowest BCUT2D eigenvalue weighted by molar-refractivity contribution is 1.26. The molecule has 8 aromatic rings. The van der Waals surface area contributed by atoms with Crippen molar-refractivity contribution in [3.63, 3.8) is 0 Å². The summed E-state index contributed by atoms with van der Waals surface area (Å²) in [7, 11) is 0. The van der Waals surface area contributed by atoms with E-state index in [0.717, 1.165) is 61.2 Å². The van der Waals surface area contributed by atoms with Crippen molar-refractivity contribution in [1.82, 2.24) is 19.9 Å². The summed E-state index contributed by atoms with van der Waals surface area (Å²) in [6, 6.07) is 29.8. The number of aromatic nitrogens is 4. The first kappa shape index (κ1) is 21.9. The number of aromatic amines is 3. The van der Waals surface area contributed by atoms with Crippen LogP contribution in [0.4, 0.5) is 5.69 Å². The van der Waals surface area contributed by atoms with Crippen LogP contribution >= 0.6 is 0 Å². The van der Waals surface area contributed by atoms with Gasteiger partial charge in [0.05, 0.1) is 16.7 Å². The van der Waals surface area contributed by atoms with Gasteiger partial charge in [-0.05, 0) is 55.0 Å². The monoisotopic (exact) mass is 503 g/mol. The van der Waals surface area contributed by atoms with E-state index in [-0.39, 0.29) is 0 Å². The van der Waals surface area contributed by atoms with Crippen LogP contribution in [-0.2, 0) is 0 Å². The molecule has 0 aliphatic carbocycles. The number of H-pyrrole nitrogens is 3. The number of aliphatic imine (C=N–C) groups is 1. The average Bonchev–Trinajstić information content (AvgIpc) is 3.66. The smallest absolute Gasteiger partial charge is 0.140 e. The van der Waals surface area contributed by atoms with Gasteiger partial charge in [-0.3, -0.25) is 4.99 Å². The van der Waals surface area contributed by atoms with E-state index in [1.54, 1.807) is 0 Å². The molecule has 0 spiro atoms. The lowest BCUT2D eigenvalue weighted by atomic mass is 9.99. The molecular formula is C34H25N5. The molecule has 39 heavy (non-hydrogen) atoms. The molecule has 0 aliphatic heterocycles. The van der Waals surface area contributed by atoms with Gasteiger partial charge in [-0.25, -0.2) is 4.98 Å². The summed E-state index contributed by atoms with van der Waals surface area (Å²) in [6.07, 6.45) is 3.97. The van der Waals surface area contributed by atoms with Crippen molar-refractivity contribution in [2.24, 2.45) is 4.99 Å². The Hall–Kier alpha value is -5.16. The third-order valence-electron chi connectivity index (χ3n) is 7.80. The van der Waals surface area contributed by atoms with Crippen molar-refractivity contribution in [2.75, 3.05) is 0 Å². The van der Waals surface area contributed by atoms with E-state index < -0.39 is 0 Å². The van der Waals surface area contributed by atoms with E-state index in [2.05, 4.69) is 114 Å². The van der Waals surface area contributed by atoms with E-state index >= 15 is 0 Å². The Morgan fingerprint density at radius 1 is 0.692 bits per heavy atom. The lowest BCUT2D eigenvalue weighted by Crippen LogP contribution is -1.83. The quantitative estimate of drug-likeness (QED) is 0.163. The van der Waals surface area contributed by atoms with Crippen LogP contribution in [0.1, 0.15) is 16.8 Å². The Morgan fingerprint density at radius 3 is 2.38 bits per heavy atom. The molecule has 186 valence electrons. The van der Waals surface area contributed by atoms with E-state index in [1.165, 1.54) is 27.1 Å². The Labute approximate surface area is 224 Å². The number of fused-ring (bicyclic) bond motifs is 8. The van der Waals surface area contributed by atoms with Gasteiger partial charge in [-0.15, -0.1) is 0 Å². The minimum atomic E-state index is 0.876. The van der Waals surface area contributed by atoms with E-state index in [9.17, 15) is 0 Å². The molecule has 0 unspecified atom stereocenters. The molecule has 8 rings (SSSR count). The molecule has 5 aromatic carbocycles. The fourth-order valence-corrected chi connectivity index (χ4v) is 5.95. The molecule has 3 aromatic heterocycles. The van der Waals surface area contributed by atoms with Crippen molar-refractivity contribution in [2.45, 2.75) is 13.8 Å². The second-order valence-electron chi connectivity index (χ2n) is 10.3. The molecular weight excluding hydrogens is 478 g/mol. The molecule has 0 aliphatic rings. The van der Waals surface area contributed by atoms with Crippen LogP contribution < -0.4 is 0 Å². The summed E-state index contributed by atoms with van der Waals surface area (Å²) >= 11 is 0. The maximum atomic E-state index is 5.19. The Kier molecular flexibility index (Phi) is 4.58. The van der Waals surface area contributed by atoms with Crippen molar-refractivity contribution in [3.05, 3.63) is 108 Å². The Balaban J connectivity index is 1.34. The predicted molar refractivity (Wildman–Crippen MR) is 163 cm³/mol.